The molecule has 2 aromatic rings. The van der Waals surface area contributed by atoms with Crippen LogP contribution in [-0.4, -0.2) is 17.4 Å². The lowest BCUT2D eigenvalue weighted by Crippen LogP contribution is -2.23. The van der Waals surface area contributed by atoms with Gasteiger partial charge < -0.3 is 10.6 Å². The minimum Gasteiger partial charge on any atom is -0.388 e. The number of amidine groups is 1. The van der Waals surface area contributed by atoms with Crippen molar-refractivity contribution < 1.29 is 0 Å². The first kappa shape index (κ1) is 12.1. The average Bonchev–Trinajstić information content (AvgIpc) is 2.41. The van der Waals surface area contributed by atoms with Crippen LogP contribution in [0.4, 0.5) is 11.4 Å². The molecule has 2 rings (SSSR count). The zero-order chi connectivity index (χ0) is 12.8. The summed E-state index contributed by atoms with van der Waals surface area (Å²) in [5.41, 5.74) is 7.58. The molecule has 92 valence electrons. The predicted octanol–water partition coefficient (Wildman–Crippen LogP) is 2.55. The molecule has 0 amide bonds. The standard InChI is InChI=1S/C14H16N4/c15-14(16)8-11-18(12-4-2-1-3-5-12)13-6-9-17-10-7-13/h1-7,9-10H,8,11H2,(H3,15,16). The zero-order valence-electron chi connectivity index (χ0n) is 10.1. The van der Waals surface area contributed by atoms with Gasteiger partial charge in [-0.25, -0.2) is 0 Å². The third kappa shape index (κ3) is 3.07. The van der Waals surface area contributed by atoms with Gasteiger partial charge in [-0.15, -0.1) is 0 Å². The number of benzene rings is 1. The van der Waals surface area contributed by atoms with E-state index in [4.69, 9.17) is 11.1 Å². The van der Waals surface area contributed by atoms with Crippen molar-refractivity contribution in [2.45, 2.75) is 6.42 Å². The average molecular weight is 240 g/mol. The van der Waals surface area contributed by atoms with Crippen molar-refractivity contribution >= 4 is 17.2 Å². The van der Waals surface area contributed by atoms with Gasteiger partial charge in [-0.2, -0.15) is 0 Å². The van der Waals surface area contributed by atoms with Crippen LogP contribution in [0.3, 0.4) is 0 Å². The second kappa shape index (κ2) is 5.82. The van der Waals surface area contributed by atoms with Gasteiger partial charge in [0.15, 0.2) is 0 Å². The number of nitrogens with zero attached hydrogens (tertiary/aromatic N) is 2. The van der Waals surface area contributed by atoms with Crippen LogP contribution in [-0.2, 0) is 0 Å². The largest absolute Gasteiger partial charge is 0.388 e. The highest BCUT2D eigenvalue weighted by Gasteiger charge is 2.08. The summed E-state index contributed by atoms with van der Waals surface area (Å²) >= 11 is 0. The van der Waals surface area contributed by atoms with E-state index in [0.29, 0.717) is 13.0 Å². The van der Waals surface area contributed by atoms with E-state index < -0.39 is 0 Å². The molecule has 18 heavy (non-hydrogen) atoms. The molecule has 0 atom stereocenters. The van der Waals surface area contributed by atoms with E-state index in [1.165, 1.54) is 0 Å². The van der Waals surface area contributed by atoms with Crippen LogP contribution in [0.2, 0.25) is 0 Å². The summed E-state index contributed by atoms with van der Waals surface area (Å²) in [6.45, 7) is 0.684. The number of nitrogens with two attached hydrogens (primary N) is 1. The third-order valence-corrected chi connectivity index (χ3v) is 2.65. The molecular weight excluding hydrogens is 224 g/mol. The molecule has 1 aromatic heterocycles. The van der Waals surface area contributed by atoms with E-state index in [-0.39, 0.29) is 5.84 Å². The van der Waals surface area contributed by atoms with Crippen molar-refractivity contribution in [1.29, 1.82) is 5.41 Å². The normalized spacial score (nSPS) is 10.0. The Morgan fingerprint density at radius 1 is 1.06 bits per heavy atom. The van der Waals surface area contributed by atoms with E-state index in [1.54, 1.807) is 12.4 Å². The van der Waals surface area contributed by atoms with Gasteiger partial charge >= 0.3 is 0 Å². The van der Waals surface area contributed by atoms with Crippen LogP contribution in [0.5, 0.6) is 0 Å². The lowest BCUT2D eigenvalue weighted by atomic mass is 10.2. The molecule has 0 bridgehead atoms. The summed E-state index contributed by atoms with van der Waals surface area (Å²) in [5, 5.41) is 7.35. The van der Waals surface area contributed by atoms with Crippen molar-refractivity contribution in [3.8, 4) is 0 Å². The fourth-order valence-corrected chi connectivity index (χ4v) is 1.77. The van der Waals surface area contributed by atoms with Gasteiger partial charge in [0.2, 0.25) is 0 Å². The van der Waals surface area contributed by atoms with Gasteiger partial charge in [0.25, 0.3) is 0 Å². The van der Waals surface area contributed by atoms with Crippen molar-refractivity contribution in [2.75, 3.05) is 11.4 Å². The number of hydrogen-bond acceptors (Lipinski definition) is 3. The molecule has 0 fully saturated rings. The zero-order valence-corrected chi connectivity index (χ0v) is 10.1. The maximum Gasteiger partial charge on any atom is 0.0923 e. The van der Waals surface area contributed by atoms with E-state index in [0.717, 1.165) is 11.4 Å². The summed E-state index contributed by atoms with van der Waals surface area (Å²) in [7, 11) is 0. The van der Waals surface area contributed by atoms with Crippen molar-refractivity contribution in [3.63, 3.8) is 0 Å². The minimum atomic E-state index is 0.199. The molecule has 0 saturated heterocycles. The maximum atomic E-state index is 7.35. The van der Waals surface area contributed by atoms with Crippen LogP contribution in [0.25, 0.3) is 0 Å². The molecule has 1 aromatic carbocycles. The molecule has 0 unspecified atom stereocenters. The van der Waals surface area contributed by atoms with Crippen molar-refractivity contribution in [1.82, 2.24) is 4.98 Å². The van der Waals surface area contributed by atoms with Crippen LogP contribution < -0.4 is 10.6 Å². The van der Waals surface area contributed by atoms with Crippen LogP contribution in [0.15, 0.2) is 54.9 Å². The molecule has 4 heteroatoms. The summed E-state index contributed by atoms with van der Waals surface area (Å²) in [4.78, 5) is 6.15. The highest BCUT2D eigenvalue weighted by molar-refractivity contribution is 5.78. The summed E-state index contributed by atoms with van der Waals surface area (Å²) in [6.07, 6.45) is 4.06. The van der Waals surface area contributed by atoms with Gasteiger partial charge in [-0.1, -0.05) is 18.2 Å². The molecule has 0 radical (unpaired) electrons. The summed E-state index contributed by atoms with van der Waals surface area (Å²) < 4.78 is 0. The Kier molecular flexibility index (Phi) is 3.91. The van der Waals surface area contributed by atoms with E-state index in [1.807, 2.05) is 42.5 Å². The monoisotopic (exact) mass is 240 g/mol. The molecule has 3 N–H and O–H groups in total. The highest BCUT2D eigenvalue weighted by Crippen LogP contribution is 2.24. The quantitative estimate of drug-likeness (QED) is 0.623. The molecule has 0 aliphatic rings. The van der Waals surface area contributed by atoms with E-state index >= 15 is 0 Å². The number of para-hydroxylation sites is 1. The topological polar surface area (TPSA) is 66.0 Å². The van der Waals surface area contributed by atoms with Crippen molar-refractivity contribution in [2.24, 2.45) is 5.73 Å². The molecule has 0 aliphatic heterocycles. The van der Waals surface area contributed by atoms with Gasteiger partial charge in [-0.05, 0) is 24.3 Å². The van der Waals surface area contributed by atoms with Gasteiger partial charge in [-0.3, -0.25) is 10.4 Å². The fourth-order valence-electron chi connectivity index (χ4n) is 1.77. The third-order valence-electron chi connectivity index (χ3n) is 2.65. The summed E-state index contributed by atoms with van der Waals surface area (Å²) in [5.74, 6) is 0.199. The Balaban J connectivity index is 2.26. The molecule has 4 nitrogen and oxygen atoms in total. The molecular formula is C14H16N4. The number of aromatic nitrogens is 1. The van der Waals surface area contributed by atoms with Crippen LogP contribution in [0.1, 0.15) is 6.42 Å². The molecule has 0 spiro atoms. The Bertz CT molecular complexity index is 456. The number of rotatable bonds is 5. The van der Waals surface area contributed by atoms with Crippen LogP contribution >= 0.6 is 0 Å². The number of pyridine rings is 1. The fraction of sp³-hybridized carbons (Fsp3) is 0.143. The van der Waals surface area contributed by atoms with Crippen LogP contribution in [0, 0.1) is 5.41 Å². The first-order valence-corrected chi connectivity index (χ1v) is 5.83. The number of nitrogens with one attached hydrogen (secondary N) is 1. The Hall–Kier alpha value is -2.36. The number of anilines is 2. The summed E-state index contributed by atoms with van der Waals surface area (Å²) in [6, 6.07) is 14.0. The van der Waals surface area contributed by atoms with Gasteiger partial charge in [0.1, 0.15) is 0 Å². The predicted molar refractivity (Wildman–Crippen MR) is 74.2 cm³/mol. The molecule has 0 saturated carbocycles. The van der Waals surface area contributed by atoms with Gasteiger partial charge in [0, 0.05) is 36.7 Å². The van der Waals surface area contributed by atoms with Crippen molar-refractivity contribution in [3.05, 3.63) is 54.9 Å². The van der Waals surface area contributed by atoms with E-state index in [9.17, 15) is 0 Å². The first-order valence-electron chi connectivity index (χ1n) is 5.83. The second-order valence-electron chi connectivity index (χ2n) is 3.97. The highest BCUT2D eigenvalue weighted by atomic mass is 15.1. The smallest absolute Gasteiger partial charge is 0.0923 e. The van der Waals surface area contributed by atoms with Gasteiger partial charge in [0.05, 0.1) is 5.84 Å². The van der Waals surface area contributed by atoms with E-state index in [2.05, 4.69) is 9.88 Å². The minimum absolute atomic E-state index is 0.199. The Morgan fingerprint density at radius 3 is 2.28 bits per heavy atom. The first-order chi connectivity index (χ1) is 8.77. The number of hydrogen-bond donors (Lipinski definition) is 2. The lowest BCUT2D eigenvalue weighted by molar-refractivity contribution is 0.952. The molecule has 0 aliphatic carbocycles. The lowest BCUT2D eigenvalue weighted by Gasteiger charge is -2.24. The Morgan fingerprint density at radius 2 is 1.67 bits per heavy atom. The Labute approximate surface area is 107 Å². The maximum absolute atomic E-state index is 7.35. The SMILES string of the molecule is N=C(N)CCN(c1ccccc1)c1ccncc1. The second-order valence-corrected chi connectivity index (χ2v) is 3.97. The molecule has 1 heterocycles.